The van der Waals surface area contributed by atoms with Crippen LogP contribution in [0.4, 0.5) is 0 Å². The van der Waals surface area contributed by atoms with E-state index in [-0.39, 0.29) is 6.61 Å². The van der Waals surface area contributed by atoms with Crippen LogP contribution in [0.25, 0.3) is 0 Å². The van der Waals surface area contributed by atoms with E-state index in [0.29, 0.717) is 12.2 Å². The Morgan fingerprint density at radius 2 is 1.24 bits per heavy atom. The van der Waals surface area contributed by atoms with E-state index in [9.17, 15) is 33.6 Å². The third-order valence-electron chi connectivity index (χ3n) is 4.25. The first kappa shape index (κ1) is 25.8. The summed E-state index contributed by atoms with van der Waals surface area (Å²) in [5.74, 6) is -8.29. The first-order chi connectivity index (χ1) is 13.3. The van der Waals surface area contributed by atoms with Crippen molar-refractivity contribution in [2.45, 2.75) is 53.6 Å². The predicted molar refractivity (Wildman–Crippen MR) is 96.1 cm³/mol. The molecule has 10 nitrogen and oxygen atoms in total. The van der Waals surface area contributed by atoms with Gasteiger partial charge in [-0.15, -0.1) is 0 Å². The zero-order valence-corrected chi connectivity index (χ0v) is 17.2. The predicted octanol–water partition coefficient (Wildman–Crippen LogP) is 0.641. The van der Waals surface area contributed by atoms with Gasteiger partial charge in [0, 0.05) is 19.1 Å². The summed E-state index contributed by atoms with van der Waals surface area (Å²) in [6.07, 6.45) is 0.804. The second-order valence-corrected chi connectivity index (χ2v) is 6.00. The molecular weight excluding hydrogens is 388 g/mol. The lowest BCUT2D eigenvalue weighted by Gasteiger charge is -2.41. The summed E-state index contributed by atoms with van der Waals surface area (Å²) in [5, 5.41) is 0. The van der Waals surface area contributed by atoms with Gasteiger partial charge in [0.25, 0.3) is 5.60 Å². The van der Waals surface area contributed by atoms with Crippen LogP contribution in [-0.2, 0) is 47.8 Å². The van der Waals surface area contributed by atoms with Crippen LogP contribution in [0.1, 0.15) is 48.0 Å². The van der Waals surface area contributed by atoms with Gasteiger partial charge in [0.15, 0.2) is 5.78 Å². The summed E-state index contributed by atoms with van der Waals surface area (Å²) in [5.41, 5.74) is -5.51. The van der Waals surface area contributed by atoms with Gasteiger partial charge < -0.3 is 14.2 Å². The largest absolute Gasteiger partial charge is 0.463 e. The van der Waals surface area contributed by atoms with Crippen molar-refractivity contribution in [2.75, 3.05) is 6.61 Å². The molecule has 0 aromatic carbocycles. The van der Waals surface area contributed by atoms with E-state index in [1.807, 2.05) is 0 Å². The Morgan fingerprint density at radius 3 is 1.59 bits per heavy atom. The fraction of sp³-hybridized carbons (Fsp3) is 0.526. The standard InChI is InChI=1S/C19H24O10/c1-7-18(11(3)20,12(4)21)19(13(5)22,17(26)28-14(6)23)29-16(25)10-9-15(24)27-8-2/h9-10H,7-8H2,1-6H3. The van der Waals surface area contributed by atoms with Crippen molar-refractivity contribution < 1.29 is 47.8 Å². The Balaban J connectivity index is 6.69. The molecule has 0 fully saturated rings. The second kappa shape index (κ2) is 10.4. The number of carbonyl (C=O) groups excluding carboxylic acids is 7. The smallest absolute Gasteiger partial charge is 0.367 e. The van der Waals surface area contributed by atoms with E-state index in [0.717, 1.165) is 27.7 Å². The van der Waals surface area contributed by atoms with Crippen molar-refractivity contribution in [3.8, 4) is 0 Å². The average Bonchev–Trinajstić information content (AvgIpc) is 2.58. The topological polar surface area (TPSA) is 147 Å². The lowest BCUT2D eigenvalue weighted by Crippen LogP contribution is -2.67. The third kappa shape index (κ3) is 5.21. The summed E-state index contributed by atoms with van der Waals surface area (Å²) in [6.45, 7) is 6.40. The molecule has 0 aliphatic rings. The van der Waals surface area contributed by atoms with Crippen LogP contribution in [0.2, 0.25) is 0 Å². The summed E-state index contributed by atoms with van der Waals surface area (Å²) in [6, 6.07) is 0. The first-order valence-electron chi connectivity index (χ1n) is 8.67. The maximum Gasteiger partial charge on any atom is 0.367 e. The van der Waals surface area contributed by atoms with Gasteiger partial charge in [-0.05, 0) is 34.1 Å². The fourth-order valence-corrected chi connectivity index (χ4v) is 3.02. The van der Waals surface area contributed by atoms with Crippen molar-refractivity contribution in [2.24, 2.45) is 5.41 Å². The number of carbonyl (C=O) groups is 7. The molecule has 0 heterocycles. The monoisotopic (exact) mass is 412 g/mol. The van der Waals surface area contributed by atoms with E-state index < -0.39 is 58.7 Å². The summed E-state index contributed by atoms with van der Waals surface area (Å²) < 4.78 is 14.1. The van der Waals surface area contributed by atoms with Crippen molar-refractivity contribution >= 4 is 41.2 Å². The molecule has 29 heavy (non-hydrogen) atoms. The Bertz CT molecular complexity index is 747. The number of hydrogen-bond acceptors (Lipinski definition) is 10. The molecule has 0 aromatic rings. The SMILES string of the molecule is CCOC(=O)C=CC(=O)OC(C(C)=O)(C(=O)OC(C)=O)C(CC)(C(C)=O)C(C)=O. The van der Waals surface area contributed by atoms with E-state index in [4.69, 9.17) is 4.74 Å². The van der Waals surface area contributed by atoms with Gasteiger partial charge in [0.1, 0.15) is 17.0 Å². The normalized spacial score (nSPS) is 13.2. The Morgan fingerprint density at radius 1 is 0.759 bits per heavy atom. The van der Waals surface area contributed by atoms with E-state index in [1.54, 1.807) is 0 Å². The van der Waals surface area contributed by atoms with Crippen molar-refractivity contribution in [3.63, 3.8) is 0 Å². The first-order valence-corrected chi connectivity index (χ1v) is 8.67. The van der Waals surface area contributed by atoms with Gasteiger partial charge in [0.2, 0.25) is 0 Å². The quantitative estimate of drug-likeness (QED) is 0.217. The molecule has 0 saturated heterocycles. The van der Waals surface area contributed by atoms with Crippen LogP contribution in [-0.4, -0.2) is 53.4 Å². The highest BCUT2D eigenvalue weighted by molar-refractivity contribution is 6.22. The lowest BCUT2D eigenvalue weighted by atomic mass is 9.63. The molecule has 0 aliphatic heterocycles. The van der Waals surface area contributed by atoms with Gasteiger partial charge in [-0.25, -0.2) is 14.4 Å². The van der Waals surface area contributed by atoms with E-state index >= 15 is 0 Å². The van der Waals surface area contributed by atoms with Gasteiger partial charge in [-0.2, -0.15) is 0 Å². The van der Waals surface area contributed by atoms with Crippen molar-refractivity contribution in [1.29, 1.82) is 0 Å². The molecule has 0 N–H and O–H groups in total. The highest BCUT2D eigenvalue weighted by Gasteiger charge is 2.69. The fourth-order valence-electron chi connectivity index (χ4n) is 3.02. The molecule has 0 rings (SSSR count). The molecule has 10 heteroatoms. The van der Waals surface area contributed by atoms with Gasteiger partial charge in [-0.1, -0.05) is 6.92 Å². The molecule has 0 spiro atoms. The molecule has 0 amide bonds. The minimum Gasteiger partial charge on any atom is -0.463 e. The minimum atomic E-state index is -3.07. The van der Waals surface area contributed by atoms with Crippen LogP contribution < -0.4 is 0 Å². The number of esters is 4. The number of ketones is 3. The van der Waals surface area contributed by atoms with Crippen LogP contribution in [0.5, 0.6) is 0 Å². The highest BCUT2D eigenvalue weighted by Crippen LogP contribution is 2.42. The number of ether oxygens (including phenoxy) is 3. The van der Waals surface area contributed by atoms with Crippen molar-refractivity contribution in [3.05, 3.63) is 12.2 Å². The summed E-state index contributed by atoms with van der Waals surface area (Å²) >= 11 is 0. The molecule has 0 bridgehead atoms. The van der Waals surface area contributed by atoms with Gasteiger partial charge in [0.05, 0.1) is 6.61 Å². The zero-order valence-electron chi connectivity index (χ0n) is 17.2. The maximum absolute atomic E-state index is 12.7. The Hall–Kier alpha value is -3.17. The van der Waals surface area contributed by atoms with E-state index in [2.05, 4.69) is 9.47 Å². The Labute approximate surface area is 167 Å². The molecular formula is C19H24O10. The minimum absolute atomic E-state index is 0.0220. The van der Waals surface area contributed by atoms with E-state index in [1.165, 1.54) is 13.8 Å². The van der Waals surface area contributed by atoms with Gasteiger partial charge in [-0.3, -0.25) is 19.2 Å². The average molecular weight is 412 g/mol. The molecule has 0 aliphatic carbocycles. The molecule has 0 saturated carbocycles. The zero-order chi connectivity index (χ0) is 23.0. The van der Waals surface area contributed by atoms with Crippen LogP contribution in [0.3, 0.4) is 0 Å². The third-order valence-corrected chi connectivity index (χ3v) is 4.25. The summed E-state index contributed by atoms with van der Waals surface area (Å²) in [4.78, 5) is 85.2. The molecule has 1 atom stereocenters. The molecule has 0 radical (unpaired) electrons. The van der Waals surface area contributed by atoms with Crippen molar-refractivity contribution in [1.82, 2.24) is 0 Å². The summed E-state index contributed by atoms with van der Waals surface area (Å²) in [7, 11) is 0. The second-order valence-electron chi connectivity index (χ2n) is 6.00. The number of hydrogen-bond donors (Lipinski definition) is 0. The molecule has 1 unspecified atom stereocenters. The van der Waals surface area contributed by atoms with Gasteiger partial charge >= 0.3 is 23.9 Å². The number of Topliss-reactive ketones (excluding diaryl/α,β-unsaturated/α-hetero) is 3. The van der Waals surface area contributed by atoms with Crippen LogP contribution >= 0.6 is 0 Å². The highest BCUT2D eigenvalue weighted by atomic mass is 16.6. The van der Waals surface area contributed by atoms with Crippen LogP contribution in [0.15, 0.2) is 12.2 Å². The van der Waals surface area contributed by atoms with Crippen LogP contribution in [0, 0.1) is 5.41 Å². The molecule has 0 aromatic heterocycles. The molecule has 160 valence electrons. The number of rotatable bonds is 10. The lowest BCUT2D eigenvalue weighted by molar-refractivity contribution is -0.202. The maximum atomic E-state index is 12.7. The Kier molecular flexibility index (Phi) is 9.26.